The lowest BCUT2D eigenvalue weighted by Gasteiger charge is -2.23. The zero-order chi connectivity index (χ0) is 13.3. The molecule has 4 heteroatoms. The average molecular weight is 306 g/mol. The number of rotatable bonds is 3. The molecule has 1 aromatic heterocycles. The van der Waals surface area contributed by atoms with Gasteiger partial charge in [-0.2, -0.15) is 5.26 Å². The summed E-state index contributed by atoms with van der Waals surface area (Å²) >= 11 is 3.47. The van der Waals surface area contributed by atoms with Crippen LogP contribution in [0.15, 0.2) is 28.9 Å². The predicted octanol–water partition coefficient (Wildman–Crippen LogP) is 3.26. The van der Waals surface area contributed by atoms with Crippen molar-refractivity contribution in [2.24, 2.45) is 11.1 Å². The van der Waals surface area contributed by atoms with Crippen LogP contribution in [0.2, 0.25) is 0 Å². The van der Waals surface area contributed by atoms with Crippen molar-refractivity contribution in [3.05, 3.63) is 34.4 Å². The Labute approximate surface area is 115 Å². The highest BCUT2D eigenvalue weighted by atomic mass is 79.9. The molecular weight excluding hydrogens is 290 g/mol. The van der Waals surface area contributed by atoms with Gasteiger partial charge >= 0.3 is 0 Å². The van der Waals surface area contributed by atoms with Crippen LogP contribution in [-0.4, -0.2) is 11.1 Å². The van der Waals surface area contributed by atoms with Crippen molar-refractivity contribution in [3.8, 4) is 6.07 Å². The lowest BCUT2D eigenvalue weighted by molar-refractivity contribution is 0.322. The Morgan fingerprint density at radius 2 is 2.17 bits per heavy atom. The van der Waals surface area contributed by atoms with Crippen LogP contribution in [0.3, 0.4) is 0 Å². The second-order valence-electron chi connectivity index (χ2n) is 5.31. The summed E-state index contributed by atoms with van der Waals surface area (Å²) in [6, 6.07) is 8.23. The molecule has 2 rings (SSSR count). The van der Waals surface area contributed by atoms with Crippen LogP contribution in [-0.2, 0) is 6.54 Å². The van der Waals surface area contributed by atoms with Crippen molar-refractivity contribution in [2.75, 3.05) is 6.54 Å². The molecule has 0 bridgehead atoms. The molecule has 1 aromatic carbocycles. The Kier molecular flexibility index (Phi) is 3.47. The second kappa shape index (κ2) is 4.75. The Bertz CT molecular complexity index is 620. The molecular formula is C14H16BrN3. The maximum absolute atomic E-state index is 9.17. The van der Waals surface area contributed by atoms with Crippen molar-refractivity contribution >= 4 is 26.8 Å². The predicted molar refractivity (Wildman–Crippen MR) is 77.2 cm³/mol. The fourth-order valence-electron chi connectivity index (χ4n) is 2.01. The second-order valence-corrected chi connectivity index (χ2v) is 6.23. The summed E-state index contributed by atoms with van der Waals surface area (Å²) in [5, 5.41) is 10.2. The minimum absolute atomic E-state index is 0.0149. The van der Waals surface area contributed by atoms with E-state index in [1.54, 1.807) is 0 Å². The molecule has 3 nitrogen and oxygen atoms in total. The molecule has 0 saturated heterocycles. The van der Waals surface area contributed by atoms with Gasteiger partial charge in [-0.3, -0.25) is 0 Å². The Hall–Kier alpha value is -1.31. The van der Waals surface area contributed by atoms with E-state index in [1.807, 2.05) is 24.4 Å². The lowest BCUT2D eigenvalue weighted by atomic mass is 9.94. The van der Waals surface area contributed by atoms with Gasteiger partial charge in [0.2, 0.25) is 0 Å². The molecule has 0 radical (unpaired) electrons. The molecule has 0 atom stereocenters. The largest absolute Gasteiger partial charge is 0.345 e. The van der Waals surface area contributed by atoms with E-state index in [1.165, 1.54) is 0 Å². The first-order chi connectivity index (χ1) is 8.46. The van der Waals surface area contributed by atoms with Crippen LogP contribution >= 0.6 is 15.9 Å². The van der Waals surface area contributed by atoms with Crippen molar-refractivity contribution < 1.29 is 0 Å². The molecule has 1 heterocycles. The highest BCUT2D eigenvalue weighted by Gasteiger charge is 2.18. The third kappa shape index (κ3) is 2.43. The monoisotopic (exact) mass is 305 g/mol. The number of nitrogens with zero attached hydrogens (tertiary/aromatic N) is 2. The summed E-state index contributed by atoms with van der Waals surface area (Å²) in [5.41, 5.74) is 7.58. The van der Waals surface area contributed by atoms with Crippen LogP contribution in [0.4, 0.5) is 0 Å². The number of aromatic nitrogens is 1. The first kappa shape index (κ1) is 13.1. The van der Waals surface area contributed by atoms with Crippen LogP contribution in [0.25, 0.3) is 10.9 Å². The molecule has 0 unspecified atom stereocenters. The molecule has 0 aliphatic heterocycles. The van der Waals surface area contributed by atoms with Crippen molar-refractivity contribution in [3.63, 3.8) is 0 Å². The van der Waals surface area contributed by atoms with Crippen molar-refractivity contribution in [1.82, 2.24) is 4.57 Å². The Balaban J connectivity index is 2.58. The molecule has 18 heavy (non-hydrogen) atoms. The van der Waals surface area contributed by atoms with E-state index in [4.69, 9.17) is 5.73 Å². The number of hydrogen-bond donors (Lipinski definition) is 1. The average Bonchev–Trinajstić information content (AvgIpc) is 2.66. The number of hydrogen-bond acceptors (Lipinski definition) is 2. The summed E-state index contributed by atoms with van der Waals surface area (Å²) in [6.45, 7) is 5.67. The number of nitriles is 1. The van der Waals surface area contributed by atoms with Gasteiger partial charge in [0.1, 0.15) is 6.07 Å². The minimum atomic E-state index is 0.0149. The molecule has 0 amide bonds. The summed E-state index contributed by atoms with van der Waals surface area (Å²) in [4.78, 5) is 0. The summed E-state index contributed by atoms with van der Waals surface area (Å²) < 4.78 is 3.13. The third-order valence-corrected chi connectivity index (χ3v) is 3.61. The van der Waals surface area contributed by atoms with E-state index in [0.29, 0.717) is 12.1 Å². The zero-order valence-electron chi connectivity index (χ0n) is 10.6. The van der Waals surface area contributed by atoms with E-state index in [9.17, 15) is 5.26 Å². The topological polar surface area (TPSA) is 54.7 Å². The van der Waals surface area contributed by atoms with Crippen molar-refractivity contribution in [2.45, 2.75) is 20.4 Å². The fourth-order valence-corrected chi connectivity index (χ4v) is 2.36. The number of benzene rings is 1. The molecule has 94 valence electrons. The highest BCUT2D eigenvalue weighted by molar-refractivity contribution is 9.10. The van der Waals surface area contributed by atoms with Crippen LogP contribution in [0, 0.1) is 16.7 Å². The summed E-state index contributed by atoms with van der Waals surface area (Å²) in [6.07, 6.45) is 1.91. The lowest BCUT2D eigenvalue weighted by Crippen LogP contribution is -2.28. The van der Waals surface area contributed by atoms with Gasteiger partial charge in [-0.05, 0) is 24.1 Å². The molecule has 0 fully saturated rings. The fraction of sp³-hybridized carbons (Fsp3) is 0.357. The van der Waals surface area contributed by atoms with E-state index < -0.39 is 0 Å². The minimum Gasteiger partial charge on any atom is -0.345 e. The first-order valence-electron chi connectivity index (χ1n) is 5.85. The smallest absolute Gasteiger partial charge is 0.101 e. The zero-order valence-corrected chi connectivity index (χ0v) is 12.2. The van der Waals surface area contributed by atoms with E-state index >= 15 is 0 Å². The molecule has 0 spiro atoms. The first-order valence-corrected chi connectivity index (χ1v) is 6.65. The molecule has 2 N–H and O–H groups in total. The van der Waals surface area contributed by atoms with Crippen LogP contribution in [0.1, 0.15) is 19.4 Å². The normalized spacial score (nSPS) is 11.7. The van der Waals surface area contributed by atoms with E-state index in [2.05, 4.69) is 40.4 Å². The molecule has 0 aliphatic carbocycles. The van der Waals surface area contributed by atoms with Gasteiger partial charge in [0.05, 0.1) is 11.1 Å². The summed E-state index contributed by atoms with van der Waals surface area (Å²) in [5.74, 6) is 0. The maximum atomic E-state index is 9.17. The molecule has 2 aromatic rings. The number of nitrogens with two attached hydrogens (primary N) is 1. The van der Waals surface area contributed by atoms with Crippen LogP contribution < -0.4 is 5.73 Å². The van der Waals surface area contributed by atoms with Gasteiger partial charge in [-0.15, -0.1) is 0 Å². The third-order valence-electron chi connectivity index (χ3n) is 3.12. The van der Waals surface area contributed by atoms with Gasteiger partial charge < -0.3 is 10.3 Å². The summed E-state index contributed by atoms with van der Waals surface area (Å²) in [7, 11) is 0. The molecule has 0 saturated carbocycles. The Morgan fingerprint density at radius 1 is 1.44 bits per heavy atom. The number of fused-ring (bicyclic) bond motifs is 1. The van der Waals surface area contributed by atoms with Gasteiger partial charge in [-0.1, -0.05) is 35.8 Å². The van der Waals surface area contributed by atoms with Crippen LogP contribution in [0.5, 0.6) is 0 Å². The van der Waals surface area contributed by atoms with Gasteiger partial charge in [-0.25, -0.2) is 0 Å². The van der Waals surface area contributed by atoms with Gasteiger partial charge in [0, 0.05) is 22.6 Å². The number of halogens is 1. The maximum Gasteiger partial charge on any atom is 0.101 e. The standard InChI is InChI=1S/C14H16BrN3/c1-14(2,8-17)9-18-7-10(6-16)12-4-3-11(15)5-13(12)18/h3-5,7H,8-9,17H2,1-2H3. The van der Waals surface area contributed by atoms with E-state index in [0.717, 1.165) is 21.9 Å². The quantitative estimate of drug-likeness (QED) is 0.946. The van der Waals surface area contributed by atoms with E-state index in [-0.39, 0.29) is 5.41 Å². The SMILES string of the molecule is CC(C)(CN)Cn1cc(C#N)c2ccc(Br)cc21. The van der Waals surface area contributed by atoms with Gasteiger partial charge in [0.15, 0.2) is 0 Å². The highest BCUT2D eigenvalue weighted by Crippen LogP contribution is 2.27. The van der Waals surface area contributed by atoms with Gasteiger partial charge in [0.25, 0.3) is 0 Å². The Morgan fingerprint density at radius 3 is 2.78 bits per heavy atom. The van der Waals surface area contributed by atoms with Crippen molar-refractivity contribution in [1.29, 1.82) is 5.26 Å². The molecule has 0 aliphatic rings.